The Bertz CT molecular complexity index is 1100. The lowest BCUT2D eigenvalue weighted by Gasteiger charge is -2.01. The molecule has 0 aliphatic rings. The van der Waals surface area contributed by atoms with Crippen LogP contribution in [0.25, 0.3) is 21.3 Å². The highest BCUT2D eigenvalue weighted by Gasteiger charge is 2.08. The Morgan fingerprint density at radius 1 is 1.23 bits per heavy atom. The van der Waals surface area contributed by atoms with Gasteiger partial charge in [0.1, 0.15) is 6.54 Å². The third-order valence-corrected chi connectivity index (χ3v) is 4.71. The number of hydrogen-bond donors (Lipinski definition) is 2. The van der Waals surface area contributed by atoms with Crippen molar-refractivity contribution in [1.29, 1.82) is 0 Å². The fourth-order valence-corrected chi connectivity index (χ4v) is 3.57. The molecule has 130 valence electrons. The highest BCUT2D eigenvalue weighted by Crippen LogP contribution is 2.31. The fourth-order valence-electron chi connectivity index (χ4n) is 2.65. The molecule has 0 atom stereocenters. The van der Waals surface area contributed by atoms with Gasteiger partial charge < -0.3 is 10.4 Å². The maximum atomic E-state index is 10.7. The number of nitrogens with zero attached hydrogens (tertiary/aromatic N) is 4. The van der Waals surface area contributed by atoms with E-state index in [9.17, 15) is 4.79 Å². The van der Waals surface area contributed by atoms with Crippen LogP contribution >= 0.6 is 11.3 Å². The van der Waals surface area contributed by atoms with Crippen LogP contribution in [0.1, 0.15) is 5.56 Å². The molecule has 0 radical (unpaired) electrons. The zero-order chi connectivity index (χ0) is 18.1. The van der Waals surface area contributed by atoms with E-state index < -0.39 is 5.97 Å². The molecule has 0 saturated heterocycles. The predicted molar refractivity (Wildman–Crippen MR) is 101 cm³/mol. The maximum Gasteiger partial charge on any atom is 0.325 e. The Hall–Kier alpha value is -3.26. The van der Waals surface area contributed by atoms with Crippen molar-refractivity contribution in [2.75, 3.05) is 5.32 Å². The van der Waals surface area contributed by atoms with Crippen LogP contribution in [-0.2, 0) is 11.3 Å². The van der Waals surface area contributed by atoms with Gasteiger partial charge in [-0.3, -0.25) is 14.5 Å². The predicted octanol–water partition coefficient (Wildman–Crippen LogP) is 3.69. The van der Waals surface area contributed by atoms with Crippen LogP contribution in [0.2, 0.25) is 0 Å². The molecule has 8 heteroatoms. The van der Waals surface area contributed by atoms with Gasteiger partial charge >= 0.3 is 5.97 Å². The van der Waals surface area contributed by atoms with Crippen molar-refractivity contribution < 1.29 is 9.90 Å². The van der Waals surface area contributed by atoms with Crippen molar-refractivity contribution in [1.82, 2.24) is 19.7 Å². The number of benzene rings is 1. The third kappa shape index (κ3) is 3.40. The van der Waals surface area contributed by atoms with Gasteiger partial charge in [0.25, 0.3) is 0 Å². The average Bonchev–Trinajstić information content (AvgIpc) is 3.20. The molecule has 0 saturated carbocycles. The maximum absolute atomic E-state index is 10.7. The number of carboxylic acid groups (broad SMARTS) is 1. The summed E-state index contributed by atoms with van der Waals surface area (Å²) in [5, 5.41) is 16.7. The summed E-state index contributed by atoms with van der Waals surface area (Å²) in [5.41, 5.74) is 4.89. The Morgan fingerprint density at radius 2 is 2.12 bits per heavy atom. The van der Waals surface area contributed by atoms with E-state index in [-0.39, 0.29) is 6.54 Å². The van der Waals surface area contributed by atoms with Crippen molar-refractivity contribution in [3.63, 3.8) is 0 Å². The Kier molecular flexibility index (Phi) is 4.10. The van der Waals surface area contributed by atoms with Crippen molar-refractivity contribution in [3.8, 4) is 11.1 Å². The first kappa shape index (κ1) is 16.2. The van der Waals surface area contributed by atoms with Gasteiger partial charge in [-0.25, -0.2) is 4.98 Å². The van der Waals surface area contributed by atoms with E-state index in [4.69, 9.17) is 5.11 Å². The van der Waals surface area contributed by atoms with Crippen molar-refractivity contribution >= 4 is 38.3 Å². The van der Waals surface area contributed by atoms with E-state index in [2.05, 4.69) is 32.5 Å². The normalized spacial score (nSPS) is 11.0. The minimum absolute atomic E-state index is 0.171. The summed E-state index contributed by atoms with van der Waals surface area (Å²) in [6.07, 6.45) is 6.91. The van der Waals surface area contributed by atoms with Crippen molar-refractivity contribution in [3.05, 3.63) is 54.6 Å². The first-order valence-corrected chi connectivity index (χ1v) is 8.72. The second kappa shape index (κ2) is 6.57. The molecule has 0 unspecified atom stereocenters. The molecule has 0 aliphatic heterocycles. The van der Waals surface area contributed by atoms with Crippen LogP contribution in [0.15, 0.2) is 49.1 Å². The van der Waals surface area contributed by atoms with Gasteiger partial charge in [-0.1, -0.05) is 17.4 Å². The molecule has 0 spiro atoms. The minimum atomic E-state index is -0.933. The van der Waals surface area contributed by atoms with Crippen LogP contribution in [0.4, 0.5) is 10.8 Å². The van der Waals surface area contributed by atoms with E-state index in [1.165, 1.54) is 16.0 Å². The zero-order valence-electron chi connectivity index (χ0n) is 13.9. The topological polar surface area (TPSA) is 92.9 Å². The molecule has 0 amide bonds. The minimum Gasteiger partial charge on any atom is -0.480 e. The first-order valence-electron chi connectivity index (χ1n) is 7.91. The number of thiazole rings is 1. The molecule has 26 heavy (non-hydrogen) atoms. The number of aromatic nitrogens is 4. The summed E-state index contributed by atoms with van der Waals surface area (Å²) < 4.78 is 2.42. The van der Waals surface area contributed by atoms with Crippen molar-refractivity contribution in [2.45, 2.75) is 13.5 Å². The van der Waals surface area contributed by atoms with Gasteiger partial charge in [0, 0.05) is 24.2 Å². The summed E-state index contributed by atoms with van der Waals surface area (Å²) in [4.78, 5) is 19.5. The number of carboxylic acids is 1. The lowest BCUT2D eigenvalue weighted by Crippen LogP contribution is -2.08. The number of hydrogen-bond acceptors (Lipinski definition) is 6. The number of pyridine rings is 1. The summed E-state index contributed by atoms with van der Waals surface area (Å²) >= 11 is 1.53. The molecule has 0 aliphatic carbocycles. The van der Waals surface area contributed by atoms with Crippen LogP contribution in [0.3, 0.4) is 0 Å². The second-order valence-electron chi connectivity index (χ2n) is 5.90. The smallest absolute Gasteiger partial charge is 0.325 e. The van der Waals surface area contributed by atoms with Gasteiger partial charge in [0.15, 0.2) is 5.13 Å². The van der Waals surface area contributed by atoms with Gasteiger partial charge in [-0.2, -0.15) is 5.10 Å². The van der Waals surface area contributed by atoms with Gasteiger partial charge in [0.05, 0.1) is 22.1 Å². The van der Waals surface area contributed by atoms with E-state index in [1.807, 2.05) is 31.5 Å². The largest absolute Gasteiger partial charge is 0.480 e. The molecule has 3 heterocycles. The lowest BCUT2D eigenvalue weighted by atomic mass is 10.1. The molecule has 4 aromatic rings. The first-order chi connectivity index (χ1) is 12.6. The molecule has 2 N–H and O–H groups in total. The lowest BCUT2D eigenvalue weighted by molar-refractivity contribution is -0.137. The van der Waals surface area contributed by atoms with Crippen LogP contribution in [-0.4, -0.2) is 30.8 Å². The molecule has 3 aromatic heterocycles. The molecule has 0 fully saturated rings. The molecule has 1 aromatic carbocycles. The highest BCUT2D eigenvalue weighted by molar-refractivity contribution is 7.22. The highest BCUT2D eigenvalue weighted by atomic mass is 32.1. The van der Waals surface area contributed by atoms with E-state index >= 15 is 0 Å². The number of anilines is 2. The van der Waals surface area contributed by atoms with Crippen LogP contribution in [0, 0.1) is 6.92 Å². The summed E-state index contributed by atoms with van der Waals surface area (Å²) in [7, 11) is 0. The number of aryl methyl sites for hydroxylation is 1. The van der Waals surface area contributed by atoms with Crippen molar-refractivity contribution in [2.24, 2.45) is 0 Å². The van der Waals surface area contributed by atoms with Gasteiger partial charge in [-0.15, -0.1) is 0 Å². The molecule has 7 nitrogen and oxygen atoms in total. The van der Waals surface area contributed by atoms with Crippen LogP contribution < -0.4 is 5.32 Å². The molecular formula is C18H15N5O2S. The SMILES string of the molecule is Cc1cncc(-c2ccc3nc(Nc4cnn(CC(=O)O)c4)sc3c2)c1. The van der Waals surface area contributed by atoms with Gasteiger partial charge in [-0.05, 0) is 36.2 Å². The van der Waals surface area contributed by atoms with E-state index in [1.54, 1.807) is 12.4 Å². The number of nitrogens with one attached hydrogen (secondary N) is 1. The number of rotatable bonds is 5. The monoisotopic (exact) mass is 365 g/mol. The number of carbonyl (C=O) groups is 1. The fraction of sp³-hybridized carbons (Fsp3) is 0.111. The van der Waals surface area contributed by atoms with Crippen LogP contribution in [0.5, 0.6) is 0 Å². The Labute approximate surface area is 153 Å². The van der Waals surface area contributed by atoms with E-state index in [0.29, 0.717) is 5.69 Å². The summed E-state index contributed by atoms with van der Waals surface area (Å²) in [6, 6.07) is 8.23. The number of aliphatic carboxylic acids is 1. The van der Waals surface area contributed by atoms with E-state index in [0.717, 1.165) is 32.0 Å². The number of fused-ring (bicyclic) bond motifs is 1. The third-order valence-electron chi connectivity index (χ3n) is 3.78. The van der Waals surface area contributed by atoms with Gasteiger partial charge in [0.2, 0.25) is 0 Å². The quantitative estimate of drug-likeness (QED) is 0.560. The molecule has 4 rings (SSSR count). The second-order valence-corrected chi connectivity index (χ2v) is 6.93. The molecule has 0 bridgehead atoms. The standard InChI is InChI=1S/C18H15N5O2S/c1-11-4-13(7-19-6-11)12-2-3-15-16(5-12)26-18(22-15)21-14-8-20-23(9-14)10-17(24)25/h2-9H,10H2,1H3,(H,21,22)(H,24,25). The Morgan fingerprint density at radius 3 is 2.92 bits per heavy atom. The Balaban J connectivity index is 1.59. The average molecular weight is 365 g/mol. The molecular weight excluding hydrogens is 350 g/mol. The summed E-state index contributed by atoms with van der Waals surface area (Å²) in [6.45, 7) is 1.85. The zero-order valence-corrected chi connectivity index (χ0v) is 14.7. The summed E-state index contributed by atoms with van der Waals surface area (Å²) in [5.74, 6) is -0.933.